The lowest BCUT2D eigenvalue weighted by atomic mass is 10.3. The molecule has 8 heteroatoms. The first-order chi connectivity index (χ1) is 14.2. The third kappa shape index (κ3) is 5.16. The molecule has 29 heavy (non-hydrogen) atoms. The second-order valence-corrected chi connectivity index (χ2v) is 8.16. The smallest absolute Gasteiger partial charge is 0.265 e. The fraction of sp³-hybridized carbons (Fsp3) is 0.143. The standard InChI is InChI=1S/C21H18FN3O2S2/c22-15-6-8-16(9-7-15)23-21-24-17(14-29-21)12-20-25(10-11-28-20)19(26)13-27-18-4-2-1-3-5-18/h1-9,12,14H,10-11,13H2,(H,23,24)/b20-12+. The summed E-state index contributed by atoms with van der Waals surface area (Å²) in [6, 6.07) is 15.4. The number of thiazole rings is 1. The van der Waals surface area contributed by atoms with Gasteiger partial charge < -0.3 is 15.0 Å². The van der Waals surface area contributed by atoms with Crippen LogP contribution in [0.25, 0.3) is 6.08 Å². The number of benzene rings is 2. The minimum Gasteiger partial charge on any atom is -0.484 e. The summed E-state index contributed by atoms with van der Waals surface area (Å²) >= 11 is 3.07. The van der Waals surface area contributed by atoms with E-state index in [0.717, 1.165) is 22.2 Å². The number of anilines is 2. The van der Waals surface area contributed by atoms with E-state index in [9.17, 15) is 9.18 Å². The van der Waals surface area contributed by atoms with E-state index in [-0.39, 0.29) is 18.3 Å². The second kappa shape index (κ2) is 9.11. The van der Waals surface area contributed by atoms with E-state index in [1.165, 1.54) is 23.5 Å². The van der Waals surface area contributed by atoms with E-state index >= 15 is 0 Å². The van der Waals surface area contributed by atoms with Crippen molar-refractivity contribution in [1.82, 2.24) is 9.88 Å². The summed E-state index contributed by atoms with van der Waals surface area (Å²) in [4.78, 5) is 18.8. The summed E-state index contributed by atoms with van der Waals surface area (Å²) < 4.78 is 18.6. The Labute approximate surface area is 176 Å². The number of rotatable bonds is 6. The number of aromatic nitrogens is 1. The molecular formula is C21H18FN3O2S2. The third-order valence-electron chi connectivity index (χ3n) is 4.13. The molecule has 1 aliphatic heterocycles. The van der Waals surface area contributed by atoms with E-state index in [1.54, 1.807) is 28.8 Å². The Balaban J connectivity index is 1.39. The zero-order valence-corrected chi connectivity index (χ0v) is 17.0. The molecule has 1 aromatic heterocycles. The van der Waals surface area contributed by atoms with Gasteiger partial charge in [-0.15, -0.1) is 23.1 Å². The van der Waals surface area contributed by atoms with Crippen molar-refractivity contribution >= 4 is 45.9 Å². The van der Waals surface area contributed by atoms with Crippen LogP contribution in [0.5, 0.6) is 5.75 Å². The molecule has 1 N–H and O–H groups in total. The van der Waals surface area contributed by atoms with E-state index in [2.05, 4.69) is 10.3 Å². The second-order valence-electron chi connectivity index (χ2n) is 6.19. The minimum atomic E-state index is -0.278. The van der Waals surface area contributed by atoms with Gasteiger partial charge in [-0.25, -0.2) is 9.37 Å². The number of carbonyl (C=O) groups excluding carboxylic acids is 1. The lowest BCUT2D eigenvalue weighted by molar-refractivity contribution is -0.130. The molecule has 4 rings (SSSR count). The number of para-hydroxylation sites is 1. The zero-order valence-electron chi connectivity index (χ0n) is 15.4. The first-order valence-corrected chi connectivity index (χ1v) is 10.8. The van der Waals surface area contributed by atoms with Crippen LogP contribution >= 0.6 is 23.1 Å². The number of halogens is 1. The molecular weight excluding hydrogens is 409 g/mol. The Morgan fingerprint density at radius 1 is 1.21 bits per heavy atom. The van der Waals surface area contributed by atoms with E-state index in [0.29, 0.717) is 17.4 Å². The van der Waals surface area contributed by atoms with Crippen LogP contribution in [0.15, 0.2) is 65.0 Å². The Hall–Kier alpha value is -2.84. The van der Waals surface area contributed by atoms with E-state index in [4.69, 9.17) is 4.74 Å². The molecule has 2 aromatic carbocycles. The molecule has 0 atom stereocenters. The highest BCUT2D eigenvalue weighted by molar-refractivity contribution is 8.03. The molecule has 0 unspecified atom stereocenters. The Morgan fingerprint density at radius 2 is 2.00 bits per heavy atom. The molecule has 1 amide bonds. The van der Waals surface area contributed by atoms with Gasteiger partial charge in [-0.2, -0.15) is 0 Å². The largest absolute Gasteiger partial charge is 0.484 e. The maximum atomic E-state index is 13.0. The van der Waals surface area contributed by atoms with Crippen molar-refractivity contribution in [3.05, 3.63) is 76.5 Å². The molecule has 0 radical (unpaired) electrons. The fourth-order valence-electron chi connectivity index (χ4n) is 2.73. The van der Waals surface area contributed by atoms with Crippen molar-refractivity contribution in [2.45, 2.75) is 0 Å². The molecule has 3 aromatic rings. The topological polar surface area (TPSA) is 54.5 Å². The highest BCUT2D eigenvalue weighted by Gasteiger charge is 2.24. The van der Waals surface area contributed by atoms with Gasteiger partial charge in [0.1, 0.15) is 11.6 Å². The van der Waals surface area contributed by atoms with Gasteiger partial charge in [-0.05, 0) is 42.5 Å². The van der Waals surface area contributed by atoms with Gasteiger partial charge in [-0.3, -0.25) is 4.79 Å². The first kappa shape index (κ1) is 19.5. The molecule has 1 aliphatic rings. The van der Waals surface area contributed by atoms with Crippen LogP contribution in [0.2, 0.25) is 0 Å². The Morgan fingerprint density at radius 3 is 2.79 bits per heavy atom. The maximum Gasteiger partial charge on any atom is 0.265 e. The summed E-state index contributed by atoms with van der Waals surface area (Å²) in [5.74, 6) is 1.16. The number of nitrogens with one attached hydrogen (secondary N) is 1. The lowest BCUT2D eigenvalue weighted by Gasteiger charge is -2.17. The molecule has 1 saturated heterocycles. The van der Waals surface area contributed by atoms with Crippen molar-refractivity contribution in [2.24, 2.45) is 0 Å². The molecule has 0 aliphatic carbocycles. The SMILES string of the molecule is O=C(COc1ccccc1)N1CCS/C1=C/c1csc(Nc2ccc(F)cc2)n1. The first-order valence-electron chi connectivity index (χ1n) is 8.98. The van der Waals surface area contributed by atoms with Crippen LogP contribution in [-0.2, 0) is 4.79 Å². The molecule has 2 heterocycles. The van der Waals surface area contributed by atoms with Crippen molar-refractivity contribution < 1.29 is 13.9 Å². The van der Waals surface area contributed by atoms with Gasteiger partial charge in [0.25, 0.3) is 5.91 Å². The average molecular weight is 428 g/mol. The summed E-state index contributed by atoms with van der Waals surface area (Å²) in [6.07, 6.45) is 1.91. The summed E-state index contributed by atoms with van der Waals surface area (Å²) in [5.41, 5.74) is 1.54. The quantitative estimate of drug-likeness (QED) is 0.601. The lowest BCUT2D eigenvalue weighted by Crippen LogP contribution is -2.31. The number of nitrogens with zero attached hydrogens (tertiary/aromatic N) is 2. The van der Waals surface area contributed by atoms with Crippen LogP contribution < -0.4 is 10.1 Å². The highest BCUT2D eigenvalue weighted by atomic mass is 32.2. The van der Waals surface area contributed by atoms with Crippen LogP contribution in [0.3, 0.4) is 0 Å². The summed E-state index contributed by atoms with van der Waals surface area (Å²) in [7, 11) is 0. The van der Waals surface area contributed by atoms with Gasteiger partial charge in [0.15, 0.2) is 11.7 Å². The fourth-order valence-corrected chi connectivity index (χ4v) is 4.45. The Bertz CT molecular complexity index is 1010. The number of thioether (sulfide) groups is 1. The molecule has 1 fully saturated rings. The van der Waals surface area contributed by atoms with Gasteiger partial charge in [0, 0.05) is 23.4 Å². The molecule has 0 saturated carbocycles. The van der Waals surface area contributed by atoms with Crippen LogP contribution in [0.4, 0.5) is 15.2 Å². The number of ether oxygens (including phenoxy) is 1. The minimum absolute atomic E-state index is 0.00362. The van der Waals surface area contributed by atoms with Crippen LogP contribution in [-0.4, -0.2) is 34.7 Å². The normalized spacial score (nSPS) is 14.9. The third-order valence-corrected chi connectivity index (χ3v) is 5.92. The monoisotopic (exact) mass is 427 g/mol. The predicted molar refractivity (Wildman–Crippen MR) is 116 cm³/mol. The Kier molecular flexibility index (Phi) is 6.12. The highest BCUT2D eigenvalue weighted by Crippen LogP contribution is 2.31. The van der Waals surface area contributed by atoms with Crippen LogP contribution in [0, 0.1) is 5.82 Å². The molecule has 148 valence electrons. The van der Waals surface area contributed by atoms with Crippen molar-refractivity contribution in [3.63, 3.8) is 0 Å². The van der Waals surface area contributed by atoms with Crippen LogP contribution in [0.1, 0.15) is 5.69 Å². The number of carbonyl (C=O) groups is 1. The van der Waals surface area contributed by atoms with Gasteiger partial charge in [-0.1, -0.05) is 18.2 Å². The number of hydrogen-bond acceptors (Lipinski definition) is 6. The molecule has 0 bridgehead atoms. The number of amides is 1. The van der Waals surface area contributed by atoms with E-state index < -0.39 is 0 Å². The van der Waals surface area contributed by atoms with Gasteiger partial charge in [0.05, 0.1) is 10.7 Å². The van der Waals surface area contributed by atoms with Gasteiger partial charge in [0.2, 0.25) is 0 Å². The maximum absolute atomic E-state index is 13.0. The summed E-state index contributed by atoms with van der Waals surface area (Å²) in [6.45, 7) is 0.647. The zero-order chi connectivity index (χ0) is 20.1. The van der Waals surface area contributed by atoms with Crippen molar-refractivity contribution in [3.8, 4) is 5.75 Å². The summed E-state index contributed by atoms with van der Waals surface area (Å²) in [5, 5.41) is 6.64. The predicted octanol–water partition coefficient (Wildman–Crippen LogP) is 4.98. The molecule has 5 nitrogen and oxygen atoms in total. The number of hydrogen-bond donors (Lipinski definition) is 1. The molecule has 0 spiro atoms. The van der Waals surface area contributed by atoms with Gasteiger partial charge >= 0.3 is 0 Å². The average Bonchev–Trinajstić information content (AvgIpc) is 3.38. The van der Waals surface area contributed by atoms with Crippen molar-refractivity contribution in [1.29, 1.82) is 0 Å². The van der Waals surface area contributed by atoms with E-state index in [1.807, 2.05) is 41.8 Å². The van der Waals surface area contributed by atoms with Crippen molar-refractivity contribution in [2.75, 3.05) is 24.2 Å².